The van der Waals surface area contributed by atoms with Crippen LogP contribution in [-0.4, -0.2) is 63.0 Å². The molecule has 115 valence electrons. The van der Waals surface area contributed by atoms with E-state index in [4.69, 9.17) is 9.47 Å². The van der Waals surface area contributed by atoms with Crippen molar-refractivity contribution in [2.75, 3.05) is 6.61 Å². The molecule has 1 aliphatic heterocycles. The Morgan fingerprint density at radius 3 is 2.71 bits per heavy atom. The summed E-state index contributed by atoms with van der Waals surface area (Å²) >= 11 is -1.91. The molecule has 1 heterocycles. The van der Waals surface area contributed by atoms with Crippen molar-refractivity contribution in [1.29, 1.82) is 0 Å². The number of ether oxygens (including phenoxy) is 2. The summed E-state index contributed by atoms with van der Waals surface area (Å²) in [5.41, 5.74) is 0. The minimum atomic E-state index is -3.65. The Balaban J connectivity index is 2.03. The number of alkyl halides is 2. The molecule has 0 amide bonds. The third kappa shape index (κ3) is 4.14. The molecule has 1 saturated heterocycles. The van der Waals surface area contributed by atoms with E-state index in [9.17, 15) is 18.7 Å². The van der Waals surface area contributed by atoms with Crippen LogP contribution in [0.5, 0.6) is 0 Å². The summed E-state index contributed by atoms with van der Waals surface area (Å²) in [6, 6.07) is 8.87. The number of carbonyl (C=O) groups excluding carboxylic acids is 1. The molecular formula is C12H13BiF2O5P. The molecule has 1 radical (unpaired) electrons. The second-order valence-electron chi connectivity index (χ2n) is 4.29. The molecule has 0 spiro atoms. The van der Waals surface area contributed by atoms with Crippen molar-refractivity contribution in [1.82, 2.24) is 0 Å². The first kappa shape index (κ1) is 17.1. The van der Waals surface area contributed by atoms with Gasteiger partial charge in [0.1, 0.15) is 0 Å². The Bertz CT molecular complexity index is 490. The Hall–Kier alpha value is -0.257. The summed E-state index contributed by atoms with van der Waals surface area (Å²) in [5.74, 6) is -3.65. The van der Waals surface area contributed by atoms with Crippen molar-refractivity contribution in [3.8, 4) is 0 Å². The van der Waals surface area contributed by atoms with E-state index in [1.165, 1.54) is 0 Å². The molecule has 1 aromatic carbocycles. The van der Waals surface area contributed by atoms with Crippen molar-refractivity contribution in [3.63, 3.8) is 0 Å². The maximum absolute atomic E-state index is 13.8. The zero-order valence-corrected chi connectivity index (χ0v) is 15.3. The van der Waals surface area contributed by atoms with Crippen LogP contribution in [0.15, 0.2) is 30.3 Å². The molecule has 1 fully saturated rings. The van der Waals surface area contributed by atoms with Gasteiger partial charge >= 0.3 is 134 Å². The van der Waals surface area contributed by atoms with E-state index in [1.54, 1.807) is 30.3 Å². The van der Waals surface area contributed by atoms with E-state index in [-0.39, 0.29) is 6.61 Å². The Kier molecular flexibility index (Phi) is 5.98. The monoisotopic (exact) mass is 515 g/mol. The molecule has 9 heteroatoms. The van der Waals surface area contributed by atoms with Gasteiger partial charge in [-0.15, -0.1) is 0 Å². The van der Waals surface area contributed by atoms with Crippen LogP contribution in [-0.2, 0) is 14.0 Å². The fourth-order valence-electron chi connectivity index (χ4n) is 1.83. The number of carbonyl (C=O) groups is 1. The Morgan fingerprint density at radius 1 is 1.43 bits per heavy atom. The molecule has 1 aromatic rings. The zero-order valence-electron chi connectivity index (χ0n) is 10.7. The van der Waals surface area contributed by atoms with Crippen LogP contribution in [0.25, 0.3) is 0 Å². The summed E-state index contributed by atoms with van der Waals surface area (Å²) in [4.78, 5) is 11.9. The number of aliphatic hydroxyl groups is 1. The summed E-state index contributed by atoms with van der Waals surface area (Å²) < 4.78 is 42.0. The molecule has 5 nitrogen and oxygen atoms in total. The Labute approximate surface area is 133 Å². The van der Waals surface area contributed by atoms with E-state index in [1.807, 2.05) is 9.47 Å². The molecule has 0 bridgehead atoms. The number of hydrogen-bond donors (Lipinski definition) is 1. The predicted molar refractivity (Wildman–Crippen MR) is 73.6 cm³/mol. The first-order chi connectivity index (χ1) is 9.95. The molecule has 2 rings (SSSR count). The van der Waals surface area contributed by atoms with Gasteiger partial charge in [-0.2, -0.15) is 0 Å². The first-order valence-corrected chi connectivity index (χ1v) is 9.90. The van der Waals surface area contributed by atoms with E-state index in [0.717, 1.165) is 3.27 Å². The van der Waals surface area contributed by atoms with E-state index in [2.05, 4.69) is 4.52 Å². The number of halogens is 2. The van der Waals surface area contributed by atoms with Crippen LogP contribution in [0, 0.1) is 0 Å². The van der Waals surface area contributed by atoms with Crippen molar-refractivity contribution < 1.29 is 32.7 Å². The predicted octanol–water partition coefficient (Wildman–Crippen LogP) is 0.680. The molecule has 0 aliphatic carbocycles. The van der Waals surface area contributed by atoms with Crippen LogP contribution in [0.1, 0.15) is 0 Å². The molecule has 0 aromatic heterocycles. The van der Waals surface area contributed by atoms with Crippen molar-refractivity contribution in [2.45, 2.75) is 24.4 Å². The van der Waals surface area contributed by atoms with Crippen molar-refractivity contribution in [2.24, 2.45) is 0 Å². The van der Waals surface area contributed by atoms with E-state index >= 15 is 0 Å². The topological polar surface area (TPSA) is 65.0 Å². The van der Waals surface area contributed by atoms with Gasteiger partial charge in [0.15, 0.2) is 0 Å². The molecule has 0 saturated carbocycles. The third-order valence-corrected chi connectivity index (χ3v) is 6.29. The van der Waals surface area contributed by atoms with Crippen LogP contribution < -0.4 is 3.27 Å². The van der Waals surface area contributed by atoms with Crippen molar-refractivity contribution >= 4 is 39.7 Å². The summed E-state index contributed by atoms with van der Waals surface area (Å²) in [5, 5.41) is 9.22. The third-order valence-electron chi connectivity index (χ3n) is 2.81. The van der Waals surface area contributed by atoms with Crippen LogP contribution in [0.4, 0.5) is 13.6 Å². The molecular weight excluding hydrogens is 502 g/mol. The second-order valence-corrected chi connectivity index (χ2v) is 8.92. The minimum absolute atomic E-state index is 0.229. The summed E-state index contributed by atoms with van der Waals surface area (Å²) in [6.07, 6.45) is -5.34. The number of hydrogen-bond acceptors (Lipinski definition) is 5. The number of benzene rings is 1. The van der Waals surface area contributed by atoms with Crippen LogP contribution in [0.3, 0.4) is 0 Å². The molecule has 3 unspecified atom stereocenters. The second kappa shape index (κ2) is 7.34. The Morgan fingerprint density at radius 2 is 2.10 bits per heavy atom. The maximum atomic E-state index is 13.8. The van der Waals surface area contributed by atoms with Gasteiger partial charge in [-0.05, 0) is 0 Å². The standard InChI is InChI=1S/C6H8F2O5P.C6H5.Bi/c7-6(8)4(11-2-9)3(1-12-14)13-5(6)10;1-2-4-6-5-3-1;/h3-5,10H,1,14H2;1-5H;/t3-,4?,5?;;/m1../s1. The van der Waals surface area contributed by atoms with Gasteiger partial charge in [0.2, 0.25) is 0 Å². The summed E-state index contributed by atoms with van der Waals surface area (Å²) in [6.45, 7) is -0.229. The number of rotatable bonds is 5. The van der Waals surface area contributed by atoms with Crippen LogP contribution in [0.2, 0.25) is 0 Å². The van der Waals surface area contributed by atoms with Gasteiger partial charge in [-0.3, -0.25) is 0 Å². The number of aliphatic hydroxyl groups excluding tert-OH is 1. The average molecular weight is 515 g/mol. The van der Waals surface area contributed by atoms with Gasteiger partial charge < -0.3 is 0 Å². The van der Waals surface area contributed by atoms with Crippen LogP contribution >= 0.6 is 9.47 Å². The van der Waals surface area contributed by atoms with Gasteiger partial charge in [-0.1, -0.05) is 0 Å². The fraction of sp³-hybridized carbons (Fsp3) is 0.417. The van der Waals surface area contributed by atoms with Crippen molar-refractivity contribution in [3.05, 3.63) is 30.3 Å². The van der Waals surface area contributed by atoms with Gasteiger partial charge in [0.25, 0.3) is 0 Å². The molecule has 1 aliphatic rings. The van der Waals surface area contributed by atoms with E-state index < -0.39 is 51.3 Å². The average Bonchev–Trinajstić information content (AvgIpc) is 2.64. The normalized spacial score (nSPS) is 27.5. The quantitative estimate of drug-likeness (QED) is 0.462. The molecule has 1 N–H and O–H groups in total. The molecule has 4 atom stereocenters. The van der Waals surface area contributed by atoms with E-state index in [0.29, 0.717) is 0 Å². The first-order valence-electron chi connectivity index (χ1n) is 5.95. The molecule has 21 heavy (non-hydrogen) atoms. The van der Waals surface area contributed by atoms with Gasteiger partial charge in [0.05, 0.1) is 0 Å². The SMILES string of the molecule is O=[C](OC1[C@@H](COP)OC(O)C1(F)F)[Bi][c]1ccccc1. The fourth-order valence-corrected chi connectivity index (χ4v) is 4.74. The van der Waals surface area contributed by atoms with Gasteiger partial charge in [-0.25, -0.2) is 0 Å². The van der Waals surface area contributed by atoms with Gasteiger partial charge in [0, 0.05) is 0 Å². The summed E-state index contributed by atoms with van der Waals surface area (Å²) in [7, 11) is 1.90. The zero-order chi connectivity index (χ0) is 15.5.